The molecular formula is C18H20N6O2. The highest BCUT2D eigenvalue weighted by molar-refractivity contribution is 5.94. The molecule has 5 rings (SSSR count). The third-order valence-corrected chi connectivity index (χ3v) is 5.43. The van der Waals surface area contributed by atoms with Gasteiger partial charge in [-0.05, 0) is 18.6 Å². The molecule has 0 saturated carbocycles. The van der Waals surface area contributed by atoms with Crippen LogP contribution in [-0.4, -0.2) is 54.7 Å². The molecule has 3 aromatic rings. The summed E-state index contributed by atoms with van der Waals surface area (Å²) in [5, 5.41) is 8.72. The van der Waals surface area contributed by atoms with E-state index in [1.807, 2.05) is 33.8 Å². The highest BCUT2D eigenvalue weighted by atomic mass is 16.5. The molecule has 0 radical (unpaired) electrons. The Bertz CT molecular complexity index is 977. The first-order chi connectivity index (χ1) is 12.7. The van der Waals surface area contributed by atoms with E-state index >= 15 is 0 Å². The predicted octanol–water partition coefficient (Wildman–Crippen LogP) is 1.47. The lowest BCUT2D eigenvalue weighted by Gasteiger charge is -2.24. The zero-order valence-electron chi connectivity index (χ0n) is 14.6. The Morgan fingerprint density at radius 1 is 1.31 bits per heavy atom. The van der Waals surface area contributed by atoms with E-state index in [-0.39, 0.29) is 18.1 Å². The van der Waals surface area contributed by atoms with E-state index in [2.05, 4.69) is 19.7 Å². The topological polar surface area (TPSA) is 77.6 Å². The number of carbonyl (C=O) groups is 1. The molecule has 5 heterocycles. The van der Waals surface area contributed by atoms with Crippen molar-refractivity contribution in [2.75, 3.05) is 13.7 Å². The number of hydrogen-bond donors (Lipinski definition) is 0. The molecule has 1 saturated heterocycles. The van der Waals surface area contributed by atoms with Crippen LogP contribution in [0.2, 0.25) is 0 Å². The number of ether oxygens (including phenoxy) is 1. The van der Waals surface area contributed by atoms with Gasteiger partial charge in [0.05, 0.1) is 17.7 Å². The molecule has 134 valence electrons. The van der Waals surface area contributed by atoms with E-state index in [1.165, 1.54) is 0 Å². The average molecular weight is 352 g/mol. The number of pyridine rings is 1. The second kappa shape index (κ2) is 5.91. The molecule has 0 spiro atoms. The van der Waals surface area contributed by atoms with Crippen LogP contribution in [0.5, 0.6) is 0 Å². The smallest absolute Gasteiger partial charge is 0.256 e. The number of aromatic nitrogens is 5. The van der Waals surface area contributed by atoms with Gasteiger partial charge in [-0.1, -0.05) is 0 Å². The normalized spacial score (nSPS) is 22.3. The van der Waals surface area contributed by atoms with Gasteiger partial charge >= 0.3 is 0 Å². The van der Waals surface area contributed by atoms with Crippen LogP contribution in [0.3, 0.4) is 0 Å². The van der Waals surface area contributed by atoms with Crippen molar-refractivity contribution in [3.8, 4) is 0 Å². The van der Waals surface area contributed by atoms with Gasteiger partial charge in [0.2, 0.25) is 0 Å². The summed E-state index contributed by atoms with van der Waals surface area (Å²) in [6.07, 6.45) is 8.20. The fraction of sp³-hybridized carbons (Fsp3) is 0.444. The first-order valence-corrected chi connectivity index (χ1v) is 8.93. The zero-order chi connectivity index (χ0) is 17.7. The molecule has 0 N–H and O–H groups in total. The summed E-state index contributed by atoms with van der Waals surface area (Å²) >= 11 is 0. The Labute approximate surface area is 150 Å². The van der Waals surface area contributed by atoms with Gasteiger partial charge in [0.25, 0.3) is 5.91 Å². The number of imidazole rings is 1. The third kappa shape index (κ3) is 2.33. The van der Waals surface area contributed by atoms with Gasteiger partial charge in [0, 0.05) is 51.6 Å². The van der Waals surface area contributed by atoms with Crippen molar-refractivity contribution in [1.82, 2.24) is 29.0 Å². The first kappa shape index (κ1) is 15.5. The standard InChI is InChI=1S/C18H20N6O2/c1-26-13-9-14(17-21-20-16-3-2-7-23(16)17)24(11-13)18(25)12-4-5-15-19-6-8-22(15)10-12/h4-6,8,10,13-14H,2-3,7,9,11H2,1H3/t13-,14+/m1/s1. The van der Waals surface area contributed by atoms with Crippen molar-refractivity contribution in [3.05, 3.63) is 47.9 Å². The molecule has 0 aliphatic carbocycles. The summed E-state index contributed by atoms with van der Waals surface area (Å²) in [5.74, 6) is 1.89. The van der Waals surface area contributed by atoms with Gasteiger partial charge in [-0.3, -0.25) is 4.79 Å². The first-order valence-electron chi connectivity index (χ1n) is 8.93. The van der Waals surface area contributed by atoms with Gasteiger partial charge in [-0.25, -0.2) is 4.98 Å². The van der Waals surface area contributed by atoms with Gasteiger partial charge in [-0.15, -0.1) is 10.2 Å². The molecule has 8 nitrogen and oxygen atoms in total. The minimum Gasteiger partial charge on any atom is -0.380 e. The number of likely N-dealkylation sites (tertiary alicyclic amines) is 1. The maximum Gasteiger partial charge on any atom is 0.256 e. The number of fused-ring (bicyclic) bond motifs is 2. The van der Waals surface area contributed by atoms with Crippen LogP contribution in [0.4, 0.5) is 0 Å². The monoisotopic (exact) mass is 352 g/mol. The number of rotatable bonds is 3. The molecule has 2 atom stereocenters. The lowest BCUT2D eigenvalue weighted by Crippen LogP contribution is -2.33. The van der Waals surface area contributed by atoms with Crippen LogP contribution in [0.25, 0.3) is 5.65 Å². The Kier molecular flexibility index (Phi) is 3.53. The fourth-order valence-corrected chi connectivity index (χ4v) is 4.07. The summed E-state index contributed by atoms with van der Waals surface area (Å²) in [4.78, 5) is 19.4. The highest BCUT2D eigenvalue weighted by Crippen LogP contribution is 2.35. The fourth-order valence-electron chi connectivity index (χ4n) is 4.07. The molecule has 2 aliphatic rings. The molecule has 0 bridgehead atoms. The summed E-state index contributed by atoms with van der Waals surface area (Å²) in [6.45, 7) is 1.49. The Balaban J connectivity index is 1.51. The molecule has 0 aromatic carbocycles. The Hall–Kier alpha value is -2.74. The van der Waals surface area contributed by atoms with E-state index in [0.29, 0.717) is 12.1 Å². The van der Waals surface area contributed by atoms with Crippen molar-refractivity contribution < 1.29 is 9.53 Å². The van der Waals surface area contributed by atoms with Crippen molar-refractivity contribution in [2.45, 2.75) is 38.0 Å². The molecular weight excluding hydrogens is 332 g/mol. The van der Waals surface area contributed by atoms with Gasteiger partial charge in [-0.2, -0.15) is 0 Å². The minimum atomic E-state index is -0.106. The van der Waals surface area contributed by atoms with Crippen LogP contribution in [0.15, 0.2) is 30.7 Å². The van der Waals surface area contributed by atoms with Crippen molar-refractivity contribution in [1.29, 1.82) is 0 Å². The van der Waals surface area contributed by atoms with Gasteiger partial charge < -0.3 is 18.6 Å². The average Bonchev–Trinajstić information content (AvgIpc) is 3.42. The summed E-state index contributed by atoms with van der Waals surface area (Å²) < 4.78 is 9.60. The highest BCUT2D eigenvalue weighted by Gasteiger charge is 2.40. The van der Waals surface area contributed by atoms with Crippen LogP contribution in [-0.2, 0) is 17.7 Å². The molecule has 0 unspecified atom stereocenters. The number of hydrogen-bond acceptors (Lipinski definition) is 5. The lowest BCUT2D eigenvalue weighted by atomic mass is 10.1. The van der Waals surface area contributed by atoms with Gasteiger partial charge in [0.15, 0.2) is 5.82 Å². The molecule has 26 heavy (non-hydrogen) atoms. The molecule has 2 aliphatic heterocycles. The van der Waals surface area contributed by atoms with Crippen LogP contribution in [0, 0.1) is 0 Å². The van der Waals surface area contributed by atoms with E-state index in [0.717, 1.165) is 43.1 Å². The molecule has 8 heteroatoms. The number of carbonyl (C=O) groups excluding carboxylic acids is 1. The Morgan fingerprint density at radius 2 is 2.23 bits per heavy atom. The SMILES string of the molecule is CO[C@@H]1C[C@@H](c2nnc3n2CCC3)N(C(=O)c2ccc3nccn3c2)C1. The maximum absolute atomic E-state index is 13.3. The van der Waals surface area contributed by atoms with E-state index in [4.69, 9.17) is 4.74 Å². The van der Waals surface area contributed by atoms with Gasteiger partial charge in [0.1, 0.15) is 11.5 Å². The summed E-state index contributed by atoms with van der Waals surface area (Å²) in [6, 6.07) is 3.59. The zero-order valence-corrected chi connectivity index (χ0v) is 14.6. The molecule has 3 aromatic heterocycles. The second-order valence-corrected chi connectivity index (χ2v) is 6.91. The van der Waals surface area contributed by atoms with Crippen LogP contribution in [0.1, 0.15) is 40.9 Å². The van der Waals surface area contributed by atoms with Crippen molar-refractivity contribution in [3.63, 3.8) is 0 Å². The largest absolute Gasteiger partial charge is 0.380 e. The number of methoxy groups -OCH3 is 1. The van der Waals surface area contributed by atoms with E-state index < -0.39 is 0 Å². The molecule has 1 fully saturated rings. The van der Waals surface area contributed by atoms with E-state index in [1.54, 1.807) is 13.3 Å². The lowest BCUT2D eigenvalue weighted by molar-refractivity contribution is 0.0682. The number of amides is 1. The van der Waals surface area contributed by atoms with Crippen molar-refractivity contribution >= 4 is 11.6 Å². The maximum atomic E-state index is 13.3. The summed E-state index contributed by atoms with van der Waals surface area (Å²) in [7, 11) is 1.70. The molecule has 1 amide bonds. The number of aryl methyl sites for hydroxylation is 1. The second-order valence-electron chi connectivity index (χ2n) is 6.91. The van der Waals surface area contributed by atoms with Crippen LogP contribution < -0.4 is 0 Å². The van der Waals surface area contributed by atoms with E-state index in [9.17, 15) is 4.79 Å². The quantitative estimate of drug-likeness (QED) is 0.713. The van der Waals surface area contributed by atoms with Crippen molar-refractivity contribution in [2.24, 2.45) is 0 Å². The predicted molar refractivity (Wildman–Crippen MR) is 92.7 cm³/mol. The third-order valence-electron chi connectivity index (χ3n) is 5.43. The summed E-state index contributed by atoms with van der Waals surface area (Å²) in [5.41, 5.74) is 1.46. The Morgan fingerprint density at radius 3 is 3.12 bits per heavy atom. The minimum absolute atomic E-state index is 0.00952. The van der Waals surface area contributed by atoms with Crippen LogP contribution >= 0.6 is 0 Å². The number of nitrogens with zero attached hydrogens (tertiary/aromatic N) is 6.